The number of carbonyl (C=O) groups is 2. The average molecular weight is 431 g/mol. The zero-order valence-corrected chi connectivity index (χ0v) is 19.4. The average Bonchev–Trinajstić information content (AvgIpc) is 2.74. The van der Waals surface area contributed by atoms with E-state index in [1.54, 1.807) is 9.80 Å². The molecular weight excluding hydrogens is 388 g/mol. The van der Waals surface area contributed by atoms with Crippen LogP contribution in [0.15, 0.2) is 0 Å². The van der Waals surface area contributed by atoms with E-state index in [2.05, 4.69) is 0 Å². The number of hydrogen-bond acceptors (Lipinski definition) is 6. The Kier molecular flexibility index (Phi) is 14.7. The molecular formula is C22H42N2O6. The molecule has 8 nitrogen and oxygen atoms in total. The molecule has 0 aliphatic carbocycles. The lowest BCUT2D eigenvalue weighted by Gasteiger charge is -2.30. The van der Waals surface area contributed by atoms with Crippen LogP contribution in [-0.2, 0) is 28.5 Å². The second-order valence-corrected chi connectivity index (χ2v) is 7.29. The molecule has 1 unspecified atom stereocenters. The smallest absolute Gasteiger partial charge is 0.225 e. The maximum atomic E-state index is 12.8. The van der Waals surface area contributed by atoms with E-state index in [1.807, 2.05) is 27.7 Å². The molecule has 0 radical (unpaired) electrons. The van der Waals surface area contributed by atoms with Gasteiger partial charge in [-0.3, -0.25) is 9.59 Å². The molecule has 2 amide bonds. The van der Waals surface area contributed by atoms with Crippen LogP contribution in [0.1, 0.15) is 53.4 Å². The van der Waals surface area contributed by atoms with E-state index >= 15 is 0 Å². The van der Waals surface area contributed by atoms with Gasteiger partial charge in [0.25, 0.3) is 0 Å². The van der Waals surface area contributed by atoms with Crippen LogP contribution in [0.25, 0.3) is 0 Å². The maximum absolute atomic E-state index is 12.8. The second-order valence-electron chi connectivity index (χ2n) is 7.29. The van der Waals surface area contributed by atoms with Crippen LogP contribution in [0.2, 0.25) is 0 Å². The van der Waals surface area contributed by atoms with Gasteiger partial charge in [-0.05, 0) is 40.5 Å². The third-order valence-corrected chi connectivity index (χ3v) is 5.30. The Bertz CT molecular complexity index is 427. The summed E-state index contributed by atoms with van der Waals surface area (Å²) < 4.78 is 23.3. The Morgan fingerprint density at radius 1 is 0.633 bits per heavy atom. The Labute approximate surface area is 182 Å². The highest BCUT2D eigenvalue weighted by Crippen LogP contribution is 2.17. The van der Waals surface area contributed by atoms with Gasteiger partial charge in [0.15, 0.2) is 0 Å². The molecule has 8 heteroatoms. The normalized spacial score (nSPS) is 22.1. The summed E-state index contributed by atoms with van der Waals surface area (Å²) in [6.45, 7) is 13.6. The highest BCUT2D eigenvalue weighted by molar-refractivity contribution is 5.78. The van der Waals surface area contributed by atoms with Crippen LogP contribution < -0.4 is 0 Å². The fourth-order valence-electron chi connectivity index (χ4n) is 3.46. The molecule has 1 aliphatic rings. The molecule has 1 saturated heterocycles. The van der Waals surface area contributed by atoms with Crippen LogP contribution in [0.4, 0.5) is 0 Å². The van der Waals surface area contributed by atoms with Crippen molar-refractivity contribution in [3.63, 3.8) is 0 Å². The fraction of sp³-hybridized carbons (Fsp3) is 0.909. The van der Waals surface area contributed by atoms with Gasteiger partial charge in [0.1, 0.15) is 0 Å². The highest BCUT2D eigenvalue weighted by atomic mass is 16.5. The largest absolute Gasteiger partial charge is 0.379 e. The Morgan fingerprint density at radius 2 is 1.00 bits per heavy atom. The second kappa shape index (κ2) is 16.5. The summed E-state index contributed by atoms with van der Waals surface area (Å²) in [6.07, 6.45) is 0.895. The van der Waals surface area contributed by atoms with Gasteiger partial charge in [-0.15, -0.1) is 0 Å². The molecule has 0 saturated carbocycles. The van der Waals surface area contributed by atoms with Crippen LogP contribution >= 0.6 is 0 Å². The summed E-state index contributed by atoms with van der Waals surface area (Å²) in [4.78, 5) is 29.1. The topological polar surface area (TPSA) is 77.5 Å². The lowest BCUT2D eigenvalue weighted by molar-refractivity contribution is -0.147. The van der Waals surface area contributed by atoms with Crippen molar-refractivity contribution >= 4 is 11.8 Å². The van der Waals surface area contributed by atoms with Gasteiger partial charge in [-0.25, -0.2) is 0 Å². The summed E-state index contributed by atoms with van der Waals surface area (Å²) in [5.74, 6) is 0.0455. The minimum absolute atomic E-state index is 0.0228. The molecule has 1 fully saturated rings. The molecule has 1 heterocycles. The predicted octanol–water partition coefficient (Wildman–Crippen LogP) is 2.10. The molecule has 1 rings (SSSR count). The van der Waals surface area contributed by atoms with Gasteiger partial charge in [-0.2, -0.15) is 0 Å². The maximum Gasteiger partial charge on any atom is 0.225 e. The Hall–Kier alpha value is -1.22. The Balaban J connectivity index is 2.92. The molecule has 2 atom stereocenters. The van der Waals surface area contributed by atoms with Crippen molar-refractivity contribution in [2.45, 2.75) is 65.6 Å². The van der Waals surface area contributed by atoms with E-state index in [4.69, 9.17) is 18.9 Å². The number of ether oxygens (including phenoxy) is 4. The number of amides is 2. The van der Waals surface area contributed by atoms with Gasteiger partial charge < -0.3 is 28.7 Å². The monoisotopic (exact) mass is 430 g/mol. The summed E-state index contributed by atoms with van der Waals surface area (Å²) in [5.41, 5.74) is 0. The zero-order chi connectivity index (χ0) is 22.2. The summed E-state index contributed by atoms with van der Waals surface area (Å²) in [6, 6.07) is 0. The molecule has 0 aromatic heterocycles. The van der Waals surface area contributed by atoms with Crippen molar-refractivity contribution < 1.29 is 28.5 Å². The van der Waals surface area contributed by atoms with Gasteiger partial charge in [0.05, 0.1) is 38.3 Å². The number of hydrogen-bond donors (Lipinski definition) is 0. The molecule has 176 valence electrons. The molecule has 0 aromatic carbocycles. The van der Waals surface area contributed by atoms with Gasteiger partial charge in [0, 0.05) is 52.6 Å². The molecule has 0 spiro atoms. The van der Waals surface area contributed by atoms with Crippen molar-refractivity contribution in [3.8, 4) is 0 Å². The molecule has 0 bridgehead atoms. The van der Waals surface area contributed by atoms with E-state index in [-0.39, 0.29) is 24.7 Å². The summed E-state index contributed by atoms with van der Waals surface area (Å²) in [5, 5.41) is 0. The fourth-order valence-corrected chi connectivity index (χ4v) is 3.46. The minimum atomic E-state index is -0.471. The van der Waals surface area contributed by atoms with Crippen LogP contribution in [-0.4, -0.2) is 99.6 Å². The number of nitrogens with zero attached hydrogens (tertiary/aromatic N) is 2. The first kappa shape index (κ1) is 26.8. The van der Waals surface area contributed by atoms with E-state index in [1.165, 1.54) is 0 Å². The standard InChI is InChI=1S/C22H42N2O6/c1-5-23(6-2)21(25)17-19-20(18-22(26)24(7-3)8-4)30-14-10-12-28-16-15-27-11-9-13-29-19/h19-20H,5-18H2,1-4H3/t19-,20?/m0/s1. The van der Waals surface area contributed by atoms with Crippen LogP contribution in [0, 0.1) is 0 Å². The van der Waals surface area contributed by atoms with Gasteiger partial charge >= 0.3 is 0 Å². The predicted molar refractivity (Wildman–Crippen MR) is 115 cm³/mol. The lowest BCUT2D eigenvalue weighted by atomic mass is 10.0. The van der Waals surface area contributed by atoms with Crippen LogP contribution in [0.3, 0.4) is 0 Å². The third-order valence-electron chi connectivity index (χ3n) is 5.30. The van der Waals surface area contributed by atoms with E-state index < -0.39 is 12.2 Å². The number of carbonyl (C=O) groups excluding carboxylic acids is 2. The SMILES string of the molecule is CCN(CC)C(=O)CC1OCCCOCCOCCCO[C@H]1CC(=O)N(CC)CC. The van der Waals surface area contributed by atoms with E-state index in [0.717, 1.165) is 0 Å². The van der Waals surface area contributed by atoms with Crippen molar-refractivity contribution in [1.82, 2.24) is 9.80 Å². The Morgan fingerprint density at radius 3 is 1.33 bits per heavy atom. The van der Waals surface area contributed by atoms with Gasteiger partial charge in [0.2, 0.25) is 11.8 Å². The first-order valence-electron chi connectivity index (χ1n) is 11.5. The first-order valence-corrected chi connectivity index (χ1v) is 11.5. The van der Waals surface area contributed by atoms with E-state index in [0.29, 0.717) is 78.7 Å². The van der Waals surface area contributed by atoms with Crippen molar-refractivity contribution in [3.05, 3.63) is 0 Å². The van der Waals surface area contributed by atoms with Gasteiger partial charge in [-0.1, -0.05) is 0 Å². The summed E-state index contributed by atoms with van der Waals surface area (Å²) in [7, 11) is 0. The lowest BCUT2D eigenvalue weighted by Crippen LogP contribution is -2.43. The molecule has 30 heavy (non-hydrogen) atoms. The number of rotatable bonds is 8. The molecule has 0 N–H and O–H groups in total. The quantitative estimate of drug-likeness (QED) is 0.587. The zero-order valence-electron chi connectivity index (χ0n) is 19.4. The van der Waals surface area contributed by atoms with Crippen molar-refractivity contribution in [2.75, 3.05) is 65.8 Å². The van der Waals surface area contributed by atoms with E-state index in [9.17, 15) is 9.59 Å². The van der Waals surface area contributed by atoms with Crippen LogP contribution in [0.5, 0.6) is 0 Å². The molecule has 0 aromatic rings. The van der Waals surface area contributed by atoms with Crippen molar-refractivity contribution in [1.29, 1.82) is 0 Å². The highest BCUT2D eigenvalue weighted by Gasteiger charge is 2.30. The minimum Gasteiger partial charge on any atom is -0.379 e. The van der Waals surface area contributed by atoms with Crippen molar-refractivity contribution in [2.24, 2.45) is 0 Å². The third kappa shape index (κ3) is 10.2. The first-order chi connectivity index (χ1) is 14.6. The molecule has 1 aliphatic heterocycles. The summed E-state index contributed by atoms with van der Waals surface area (Å²) >= 11 is 0.